The van der Waals surface area contributed by atoms with E-state index in [0.717, 1.165) is 50.4 Å². The number of carbonyl (C=O) groups excluding carboxylic acids is 1. The van der Waals surface area contributed by atoms with Gasteiger partial charge >= 0.3 is 0 Å². The predicted octanol–water partition coefficient (Wildman–Crippen LogP) is 4.76. The first-order chi connectivity index (χ1) is 21.1. The van der Waals surface area contributed by atoms with Gasteiger partial charge in [0.2, 0.25) is 0 Å². The Hall–Kier alpha value is -3.42. The van der Waals surface area contributed by atoms with E-state index in [9.17, 15) is 13.2 Å². The van der Waals surface area contributed by atoms with Crippen LogP contribution in [0.1, 0.15) is 23.2 Å². The van der Waals surface area contributed by atoms with Gasteiger partial charge in [0, 0.05) is 66.9 Å². The summed E-state index contributed by atoms with van der Waals surface area (Å²) >= 11 is 12.0. The smallest absolute Gasteiger partial charge is 0.259 e. The van der Waals surface area contributed by atoms with Crippen molar-refractivity contribution in [3.63, 3.8) is 0 Å². The van der Waals surface area contributed by atoms with Gasteiger partial charge in [0.05, 0.1) is 16.8 Å². The van der Waals surface area contributed by atoms with Crippen LogP contribution in [0.25, 0.3) is 11.0 Å². The van der Waals surface area contributed by atoms with Crippen LogP contribution in [0.2, 0.25) is 0 Å². The lowest BCUT2D eigenvalue weighted by Crippen LogP contribution is -2.44. The van der Waals surface area contributed by atoms with E-state index in [0.29, 0.717) is 24.3 Å². The van der Waals surface area contributed by atoms with E-state index in [2.05, 4.69) is 49.2 Å². The summed E-state index contributed by atoms with van der Waals surface area (Å²) in [5.74, 6) is -0.673. The summed E-state index contributed by atoms with van der Waals surface area (Å²) in [7, 11) is -1.75. The Morgan fingerprint density at radius 3 is 2.61 bits per heavy atom. The summed E-state index contributed by atoms with van der Waals surface area (Å²) < 4.78 is 31.6. The number of likely N-dealkylation sites (N-methyl/N-ethyl adjacent to an activating group) is 1. The zero-order valence-electron chi connectivity index (χ0n) is 24.4. The minimum Gasteiger partial charge on any atom is -0.381 e. The molecule has 1 aromatic carbocycles. The molecule has 0 atom stereocenters. The average molecular weight is 661 g/mol. The number of H-pyrrole nitrogens is 1. The standard InChI is InChI=1S/C30H35Cl2N7O4S/c1-3-20(31)18-21(32)10-17-44(41,42)27-7-6-25-28(34-27)29(37-36-25)35-30(40)24-5-4-23(39-13-11-38(2)12-14-39)19-26(24)33-22-8-15-43-16-9-22/h3-7,10,18-19,22,33H,1,8-9,11-17H2,2H3,(H2,35,36,37,40)/b20-18+,21-10+. The highest BCUT2D eigenvalue weighted by atomic mass is 35.5. The van der Waals surface area contributed by atoms with Crippen LogP contribution in [-0.2, 0) is 14.6 Å². The zero-order valence-corrected chi connectivity index (χ0v) is 26.7. The fraction of sp³-hybridized carbons (Fsp3) is 0.367. The highest BCUT2D eigenvalue weighted by Gasteiger charge is 2.23. The molecule has 4 heterocycles. The topological polar surface area (TPSA) is 133 Å². The number of ether oxygens (including phenoxy) is 1. The normalized spacial score (nSPS) is 17.6. The van der Waals surface area contributed by atoms with Gasteiger partial charge < -0.3 is 25.2 Å². The Kier molecular flexibility index (Phi) is 10.3. The number of anilines is 3. The van der Waals surface area contributed by atoms with E-state index in [1.54, 1.807) is 6.07 Å². The predicted molar refractivity (Wildman–Crippen MR) is 176 cm³/mol. The molecule has 0 spiro atoms. The van der Waals surface area contributed by atoms with Crippen LogP contribution < -0.4 is 15.5 Å². The van der Waals surface area contributed by atoms with E-state index < -0.39 is 21.5 Å². The number of allylic oxidation sites excluding steroid dienone is 4. The lowest BCUT2D eigenvalue weighted by molar-refractivity contribution is 0.0904. The number of benzene rings is 1. The highest BCUT2D eigenvalue weighted by molar-refractivity contribution is 7.91. The number of sulfone groups is 1. The first kappa shape index (κ1) is 32.0. The van der Waals surface area contributed by atoms with Crippen molar-refractivity contribution >= 4 is 67.2 Å². The molecule has 0 bridgehead atoms. The number of nitrogens with one attached hydrogen (secondary N) is 3. The molecule has 0 radical (unpaired) electrons. The van der Waals surface area contributed by atoms with Crippen LogP contribution in [0.15, 0.2) is 70.2 Å². The fourth-order valence-corrected chi connectivity index (χ4v) is 6.55. The van der Waals surface area contributed by atoms with Crippen molar-refractivity contribution in [3.8, 4) is 0 Å². The number of hydrogen-bond donors (Lipinski definition) is 3. The molecule has 234 valence electrons. The first-order valence-electron chi connectivity index (χ1n) is 14.3. The number of piperazine rings is 1. The molecular formula is C30H35Cl2N7O4S. The van der Waals surface area contributed by atoms with Gasteiger partial charge in [-0.05, 0) is 56.3 Å². The third-order valence-electron chi connectivity index (χ3n) is 7.60. The number of amides is 1. The Morgan fingerprint density at radius 1 is 1.14 bits per heavy atom. The lowest BCUT2D eigenvalue weighted by atomic mass is 10.1. The van der Waals surface area contributed by atoms with Crippen molar-refractivity contribution in [1.29, 1.82) is 0 Å². The molecule has 2 aliphatic heterocycles. The number of halogens is 2. The molecule has 14 heteroatoms. The van der Waals surface area contributed by atoms with Crippen molar-refractivity contribution in [2.75, 3.05) is 67.7 Å². The molecule has 3 aromatic rings. The number of aromatic nitrogens is 3. The Bertz CT molecular complexity index is 1690. The minimum absolute atomic E-state index is 0.122. The first-order valence-corrected chi connectivity index (χ1v) is 16.7. The third-order valence-corrected chi connectivity index (χ3v) is 9.60. The van der Waals surface area contributed by atoms with Gasteiger partial charge in [0.15, 0.2) is 20.7 Å². The summed E-state index contributed by atoms with van der Waals surface area (Å²) in [4.78, 5) is 22.6. The number of hydrogen-bond acceptors (Lipinski definition) is 9. The molecule has 2 saturated heterocycles. The second kappa shape index (κ2) is 14.1. The summed E-state index contributed by atoms with van der Waals surface area (Å²) in [5.41, 5.74) is 2.90. The van der Waals surface area contributed by atoms with Crippen molar-refractivity contribution in [2.45, 2.75) is 23.9 Å². The molecule has 5 rings (SSSR count). The van der Waals surface area contributed by atoms with E-state index in [4.69, 9.17) is 27.9 Å². The van der Waals surface area contributed by atoms with Gasteiger partial charge in [-0.3, -0.25) is 9.89 Å². The van der Waals surface area contributed by atoms with Crippen LogP contribution in [0, 0.1) is 0 Å². The van der Waals surface area contributed by atoms with Crippen molar-refractivity contribution in [3.05, 3.63) is 70.8 Å². The molecule has 3 N–H and O–H groups in total. The summed E-state index contributed by atoms with van der Waals surface area (Å²) in [6.07, 6.45) is 5.79. The molecule has 0 saturated carbocycles. The van der Waals surface area contributed by atoms with Crippen LogP contribution in [-0.4, -0.2) is 92.6 Å². The van der Waals surface area contributed by atoms with Crippen LogP contribution in [0.5, 0.6) is 0 Å². The second-order valence-corrected chi connectivity index (χ2v) is 13.6. The summed E-state index contributed by atoms with van der Waals surface area (Å²) in [5, 5.41) is 13.7. The zero-order chi connectivity index (χ0) is 31.3. The van der Waals surface area contributed by atoms with E-state index >= 15 is 0 Å². The van der Waals surface area contributed by atoms with Gasteiger partial charge in [0.1, 0.15) is 5.52 Å². The molecule has 11 nitrogen and oxygen atoms in total. The molecule has 1 amide bonds. The van der Waals surface area contributed by atoms with Gasteiger partial charge in [-0.25, -0.2) is 13.4 Å². The van der Waals surface area contributed by atoms with Crippen molar-refractivity contribution in [1.82, 2.24) is 20.1 Å². The van der Waals surface area contributed by atoms with Gasteiger partial charge in [-0.2, -0.15) is 5.10 Å². The Balaban J connectivity index is 1.39. The van der Waals surface area contributed by atoms with Gasteiger partial charge in [-0.1, -0.05) is 41.9 Å². The maximum absolute atomic E-state index is 13.7. The number of fused-ring (bicyclic) bond motifs is 1. The van der Waals surface area contributed by atoms with Gasteiger partial charge in [-0.15, -0.1) is 0 Å². The lowest BCUT2D eigenvalue weighted by Gasteiger charge is -2.34. The van der Waals surface area contributed by atoms with E-state index in [-0.39, 0.29) is 32.5 Å². The number of carbonyl (C=O) groups is 1. The minimum atomic E-state index is -3.86. The monoisotopic (exact) mass is 659 g/mol. The fourth-order valence-electron chi connectivity index (χ4n) is 5.01. The van der Waals surface area contributed by atoms with Crippen LogP contribution in [0.4, 0.5) is 17.2 Å². The SMILES string of the molecule is C=C/C(Cl)=C\C(Cl)=C/CS(=O)(=O)c1ccc2[nH]nc(NC(=O)c3ccc(N4CCN(C)CC4)cc3NC3CCOCC3)c2n1. The van der Waals surface area contributed by atoms with Gasteiger partial charge in [0.25, 0.3) is 5.91 Å². The van der Waals surface area contributed by atoms with E-state index in [1.165, 1.54) is 24.3 Å². The van der Waals surface area contributed by atoms with Crippen molar-refractivity contribution in [2.24, 2.45) is 0 Å². The summed E-state index contributed by atoms with van der Waals surface area (Å²) in [6.45, 7) is 8.58. The van der Waals surface area contributed by atoms with Crippen LogP contribution in [0.3, 0.4) is 0 Å². The summed E-state index contributed by atoms with van der Waals surface area (Å²) in [6, 6.07) is 8.90. The molecule has 2 aliphatic rings. The molecule has 44 heavy (non-hydrogen) atoms. The van der Waals surface area contributed by atoms with Crippen molar-refractivity contribution < 1.29 is 17.9 Å². The number of nitrogens with zero attached hydrogens (tertiary/aromatic N) is 4. The molecule has 0 aliphatic carbocycles. The third kappa shape index (κ3) is 7.80. The average Bonchev–Trinajstić information content (AvgIpc) is 3.42. The maximum Gasteiger partial charge on any atom is 0.259 e. The number of rotatable bonds is 10. The Labute approximate surface area is 266 Å². The highest BCUT2D eigenvalue weighted by Crippen LogP contribution is 2.29. The number of pyridine rings is 1. The molecule has 2 aromatic heterocycles. The molecular weight excluding hydrogens is 625 g/mol. The van der Waals surface area contributed by atoms with E-state index in [1.807, 2.05) is 18.2 Å². The molecule has 0 unspecified atom stereocenters. The molecule has 2 fully saturated rings. The van der Waals surface area contributed by atoms with Crippen LogP contribution >= 0.6 is 23.2 Å². The largest absolute Gasteiger partial charge is 0.381 e. The Morgan fingerprint density at radius 2 is 1.89 bits per heavy atom. The maximum atomic E-state index is 13.7. The quantitative estimate of drug-likeness (QED) is 0.264. The second-order valence-electron chi connectivity index (χ2n) is 10.7. The number of aromatic amines is 1.